The van der Waals surface area contributed by atoms with Gasteiger partial charge in [0.2, 0.25) is 5.76 Å². The van der Waals surface area contributed by atoms with Crippen LogP contribution in [0.5, 0.6) is 0 Å². The molecule has 1 aromatic heterocycles. The van der Waals surface area contributed by atoms with Gasteiger partial charge < -0.3 is 24.3 Å². The highest BCUT2D eigenvalue weighted by molar-refractivity contribution is 5.97. The Kier molecular flexibility index (Phi) is 5.35. The highest BCUT2D eigenvalue weighted by Gasteiger charge is 2.19. The second kappa shape index (κ2) is 7.67. The van der Waals surface area contributed by atoms with Gasteiger partial charge in [-0.2, -0.15) is 0 Å². The van der Waals surface area contributed by atoms with Gasteiger partial charge in [0.05, 0.1) is 12.7 Å². The molecule has 1 aliphatic rings. The zero-order chi connectivity index (χ0) is 17.8. The van der Waals surface area contributed by atoms with Crippen LogP contribution in [0.4, 0.5) is 5.69 Å². The van der Waals surface area contributed by atoms with Crippen LogP contribution in [0.2, 0.25) is 0 Å². The normalized spacial score (nSPS) is 18.8. The average Bonchev–Trinajstić information content (AvgIpc) is 3.04. The lowest BCUT2D eigenvalue weighted by atomic mass is 10.1. The van der Waals surface area contributed by atoms with Gasteiger partial charge >= 0.3 is 5.97 Å². The van der Waals surface area contributed by atoms with Crippen LogP contribution in [-0.2, 0) is 14.3 Å². The van der Waals surface area contributed by atoms with E-state index in [9.17, 15) is 9.59 Å². The molecule has 1 aliphatic heterocycles. The molecule has 25 heavy (non-hydrogen) atoms. The Bertz CT molecular complexity index is 762. The van der Waals surface area contributed by atoms with Crippen molar-refractivity contribution in [3.05, 3.63) is 30.0 Å². The first-order chi connectivity index (χ1) is 12.0. The molecule has 1 aromatic carbocycles. The number of carboxylic acids is 1. The Morgan fingerprint density at radius 1 is 1.36 bits per heavy atom. The predicted octanol–water partition coefficient (Wildman–Crippen LogP) is 3.04. The molecular formula is C18H21NO6. The first kappa shape index (κ1) is 17.4. The topological polar surface area (TPSA) is 98.0 Å². The summed E-state index contributed by atoms with van der Waals surface area (Å²) in [4.78, 5) is 23.2. The molecule has 1 amide bonds. The van der Waals surface area contributed by atoms with Crippen molar-refractivity contribution < 1.29 is 28.6 Å². The van der Waals surface area contributed by atoms with Gasteiger partial charge in [0, 0.05) is 17.7 Å². The number of rotatable bonds is 6. The maximum Gasteiger partial charge on any atom is 0.371 e. The molecule has 134 valence electrons. The first-order valence-electron chi connectivity index (χ1n) is 8.34. The average molecular weight is 347 g/mol. The SMILES string of the molecule is CC(OCC1CCCCO1)C(=O)Nc1ccc2oc(C(=O)O)cc2c1. The van der Waals surface area contributed by atoms with Crippen molar-refractivity contribution in [1.82, 2.24) is 0 Å². The maximum atomic E-state index is 12.2. The summed E-state index contributed by atoms with van der Waals surface area (Å²) in [5, 5.41) is 12.3. The molecular weight excluding hydrogens is 326 g/mol. The van der Waals surface area contributed by atoms with Crippen LogP contribution < -0.4 is 5.32 Å². The number of carbonyl (C=O) groups excluding carboxylic acids is 1. The fourth-order valence-electron chi connectivity index (χ4n) is 2.74. The zero-order valence-electron chi connectivity index (χ0n) is 14.0. The van der Waals surface area contributed by atoms with E-state index in [1.165, 1.54) is 6.07 Å². The second-order valence-corrected chi connectivity index (χ2v) is 6.12. The van der Waals surface area contributed by atoms with E-state index < -0.39 is 12.1 Å². The number of fused-ring (bicyclic) bond motifs is 1. The third-order valence-electron chi connectivity index (χ3n) is 4.17. The molecule has 2 atom stereocenters. The Labute approximate surface area is 144 Å². The van der Waals surface area contributed by atoms with Crippen LogP contribution in [0.1, 0.15) is 36.7 Å². The van der Waals surface area contributed by atoms with E-state index in [2.05, 4.69) is 5.32 Å². The first-order valence-corrected chi connectivity index (χ1v) is 8.34. The third kappa shape index (κ3) is 4.37. The van der Waals surface area contributed by atoms with Crippen molar-refractivity contribution in [2.45, 2.75) is 38.4 Å². The van der Waals surface area contributed by atoms with Crippen molar-refractivity contribution in [2.75, 3.05) is 18.5 Å². The second-order valence-electron chi connectivity index (χ2n) is 6.12. The molecule has 0 spiro atoms. The number of furan rings is 1. The maximum absolute atomic E-state index is 12.2. The highest BCUT2D eigenvalue weighted by atomic mass is 16.5. The van der Waals surface area contributed by atoms with Crippen molar-refractivity contribution >= 4 is 28.5 Å². The van der Waals surface area contributed by atoms with Crippen LogP contribution in [-0.4, -0.2) is 42.4 Å². The summed E-state index contributed by atoms with van der Waals surface area (Å²) >= 11 is 0. The van der Waals surface area contributed by atoms with Crippen LogP contribution in [0.3, 0.4) is 0 Å². The van der Waals surface area contributed by atoms with Crippen molar-refractivity contribution in [3.63, 3.8) is 0 Å². The summed E-state index contributed by atoms with van der Waals surface area (Å²) in [7, 11) is 0. The quantitative estimate of drug-likeness (QED) is 0.833. The minimum Gasteiger partial charge on any atom is -0.475 e. The molecule has 0 saturated carbocycles. The van der Waals surface area contributed by atoms with Gasteiger partial charge in [0.1, 0.15) is 11.7 Å². The van der Waals surface area contributed by atoms with E-state index in [0.29, 0.717) is 23.3 Å². The van der Waals surface area contributed by atoms with Gasteiger partial charge in [-0.1, -0.05) is 0 Å². The number of amides is 1. The number of carboxylic acid groups (broad SMARTS) is 1. The minimum absolute atomic E-state index is 0.0562. The number of aromatic carboxylic acids is 1. The number of hydrogen-bond donors (Lipinski definition) is 2. The Hall–Kier alpha value is -2.38. The summed E-state index contributed by atoms with van der Waals surface area (Å²) in [6, 6.07) is 6.37. The molecule has 2 heterocycles. The fraction of sp³-hybridized carbons (Fsp3) is 0.444. The monoisotopic (exact) mass is 347 g/mol. The van der Waals surface area contributed by atoms with Gasteiger partial charge in [0.15, 0.2) is 0 Å². The number of benzene rings is 1. The van der Waals surface area contributed by atoms with Crippen molar-refractivity contribution in [1.29, 1.82) is 0 Å². The number of nitrogens with one attached hydrogen (secondary N) is 1. The van der Waals surface area contributed by atoms with E-state index in [4.69, 9.17) is 19.0 Å². The molecule has 1 saturated heterocycles. The van der Waals surface area contributed by atoms with E-state index in [-0.39, 0.29) is 17.8 Å². The molecule has 2 unspecified atom stereocenters. The summed E-state index contributed by atoms with van der Waals surface area (Å²) < 4.78 is 16.4. The minimum atomic E-state index is -1.13. The molecule has 2 N–H and O–H groups in total. The predicted molar refractivity (Wildman–Crippen MR) is 90.8 cm³/mol. The van der Waals surface area contributed by atoms with E-state index in [1.807, 2.05) is 0 Å². The standard InChI is InChI=1S/C18H21NO6/c1-11(24-10-14-4-2-3-7-23-14)17(20)19-13-5-6-15-12(8-13)9-16(25-15)18(21)22/h5-6,8-9,11,14H,2-4,7,10H2,1H3,(H,19,20)(H,21,22). The van der Waals surface area contributed by atoms with Crippen molar-refractivity contribution in [3.8, 4) is 0 Å². The smallest absolute Gasteiger partial charge is 0.371 e. The van der Waals surface area contributed by atoms with Crippen molar-refractivity contribution in [2.24, 2.45) is 0 Å². The summed E-state index contributed by atoms with van der Waals surface area (Å²) in [5.74, 6) is -1.53. The largest absolute Gasteiger partial charge is 0.475 e. The van der Waals surface area contributed by atoms with E-state index >= 15 is 0 Å². The number of anilines is 1. The lowest BCUT2D eigenvalue weighted by Crippen LogP contribution is -2.32. The molecule has 0 aliphatic carbocycles. The van der Waals surface area contributed by atoms with Gasteiger partial charge in [-0.25, -0.2) is 4.79 Å². The van der Waals surface area contributed by atoms with Crippen LogP contribution >= 0.6 is 0 Å². The Morgan fingerprint density at radius 2 is 2.20 bits per heavy atom. The molecule has 7 nitrogen and oxygen atoms in total. The zero-order valence-corrected chi connectivity index (χ0v) is 14.0. The van der Waals surface area contributed by atoms with Gasteiger partial charge in [0.25, 0.3) is 5.91 Å². The fourth-order valence-corrected chi connectivity index (χ4v) is 2.74. The number of carbonyl (C=O) groups is 2. The number of ether oxygens (including phenoxy) is 2. The molecule has 7 heteroatoms. The summed E-state index contributed by atoms with van der Waals surface area (Å²) in [5.41, 5.74) is 1.01. The number of hydrogen-bond acceptors (Lipinski definition) is 5. The Balaban J connectivity index is 1.57. The van der Waals surface area contributed by atoms with Crippen LogP contribution in [0.25, 0.3) is 11.0 Å². The van der Waals surface area contributed by atoms with Gasteiger partial charge in [-0.3, -0.25) is 4.79 Å². The van der Waals surface area contributed by atoms with E-state index in [0.717, 1.165) is 25.9 Å². The highest BCUT2D eigenvalue weighted by Crippen LogP contribution is 2.23. The van der Waals surface area contributed by atoms with Gasteiger partial charge in [-0.05, 0) is 50.5 Å². The van der Waals surface area contributed by atoms with Gasteiger partial charge in [-0.15, -0.1) is 0 Å². The lowest BCUT2D eigenvalue weighted by Gasteiger charge is -2.23. The molecule has 0 bridgehead atoms. The molecule has 3 rings (SSSR count). The summed E-state index contributed by atoms with van der Waals surface area (Å²) in [6.45, 7) is 2.84. The molecule has 2 aromatic rings. The Morgan fingerprint density at radius 3 is 2.92 bits per heavy atom. The van der Waals surface area contributed by atoms with E-state index in [1.54, 1.807) is 25.1 Å². The molecule has 1 fully saturated rings. The molecule has 0 radical (unpaired) electrons. The third-order valence-corrected chi connectivity index (χ3v) is 4.17. The van der Waals surface area contributed by atoms with Crippen LogP contribution in [0.15, 0.2) is 28.7 Å². The lowest BCUT2D eigenvalue weighted by molar-refractivity contribution is -0.130. The van der Waals surface area contributed by atoms with Crippen LogP contribution in [0, 0.1) is 0 Å². The summed E-state index contributed by atoms with van der Waals surface area (Å²) in [6.07, 6.45) is 2.60.